The Kier molecular flexibility index (Phi) is 3.74. The molecule has 0 bridgehead atoms. The number of hydrogen-bond acceptors (Lipinski definition) is 5. The van der Waals surface area contributed by atoms with Crippen LogP contribution in [0.2, 0.25) is 0 Å². The average Bonchev–Trinajstić information content (AvgIpc) is 3.13. The summed E-state index contributed by atoms with van der Waals surface area (Å²) in [7, 11) is 0. The van der Waals surface area contributed by atoms with E-state index in [1.807, 2.05) is 0 Å². The maximum Gasteiger partial charge on any atom is 0.308 e. The normalized spacial score (nSPS) is 13.4. The molecule has 1 aliphatic heterocycles. The van der Waals surface area contributed by atoms with Crippen LogP contribution in [0.1, 0.15) is 32.9 Å². The maximum atomic E-state index is 12.1. The summed E-state index contributed by atoms with van der Waals surface area (Å²) in [5.41, 5.74) is 0.743. The molecule has 1 aromatic heterocycles. The van der Waals surface area contributed by atoms with Gasteiger partial charge in [0, 0.05) is 6.54 Å². The summed E-state index contributed by atoms with van der Waals surface area (Å²) in [6.45, 7) is 0.0390. The molecule has 0 fully saturated rings. The molecule has 6 heteroatoms. The van der Waals surface area contributed by atoms with Crippen LogP contribution in [-0.4, -0.2) is 29.2 Å². The maximum absolute atomic E-state index is 12.1. The molecule has 1 aromatic carbocycles. The SMILES string of the molecule is O=C(CCN1C(=O)c2ccccc2C1=O)OCc1ccco1. The van der Waals surface area contributed by atoms with E-state index in [-0.39, 0.29) is 31.4 Å². The van der Waals surface area contributed by atoms with Crippen molar-refractivity contribution in [2.75, 3.05) is 6.54 Å². The third-order valence-corrected chi connectivity index (χ3v) is 3.37. The average molecular weight is 299 g/mol. The van der Waals surface area contributed by atoms with Gasteiger partial charge < -0.3 is 9.15 Å². The smallest absolute Gasteiger partial charge is 0.308 e. The first-order valence-electron chi connectivity index (χ1n) is 6.80. The Morgan fingerprint density at radius 2 is 1.73 bits per heavy atom. The minimum Gasteiger partial charge on any atom is -0.466 e. The quantitative estimate of drug-likeness (QED) is 0.623. The van der Waals surface area contributed by atoms with Gasteiger partial charge in [0.15, 0.2) is 0 Å². The van der Waals surface area contributed by atoms with Crippen molar-refractivity contribution in [1.29, 1.82) is 0 Å². The van der Waals surface area contributed by atoms with Gasteiger partial charge in [0.05, 0.1) is 23.8 Å². The fraction of sp³-hybridized carbons (Fsp3) is 0.188. The summed E-state index contributed by atoms with van der Waals surface area (Å²) in [4.78, 5) is 36.9. The van der Waals surface area contributed by atoms with Crippen molar-refractivity contribution in [1.82, 2.24) is 4.90 Å². The highest BCUT2D eigenvalue weighted by Crippen LogP contribution is 2.22. The molecule has 112 valence electrons. The van der Waals surface area contributed by atoms with Crippen LogP contribution in [0, 0.1) is 0 Å². The molecule has 0 radical (unpaired) electrons. The van der Waals surface area contributed by atoms with Crippen LogP contribution in [0.15, 0.2) is 47.1 Å². The van der Waals surface area contributed by atoms with Crippen molar-refractivity contribution in [2.24, 2.45) is 0 Å². The van der Waals surface area contributed by atoms with E-state index in [4.69, 9.17) is 9.15 Å². The molecule has 2 aromatic rings. The first-order chi connectivity index (χ1) is 10.7. The molecule has 0 saturated heterocycles. The van der Waals surface area contributed by atoms with Gasteiger partial charge in [-0.15, -0.1) is 0 Å². The van der Waals surface area contributed by atoms with E-state index < -0.39 is 5.97 Å². The largest absolute Gasteiger partial charge is 0.466 e. The molecule has 0 N–H and O–H groups in total. The van der Waals surface area contributed by atoms with Gasteiger partial charge in [-0.25, -0.2) is 0 Å². The molecule has 0 aliphatic carbocycles. The van der Waals surface area contributed by atoms with E-state index in [0.717, 1.165) is 4.90 Å². The molecule has 0 atom stereocenters. The van der Waals surface area contributed by atoms with Gasteiger partial charge in [0.1, 0.15) is 12.4 Å². The highest BCUT2D eigenvalue weighted by atomic mass is 16.5. The van der Waals surface area contributed by atoms with E-state index >= 15 is 0 Å². The highest BCUT2D eigenvalue weighted by Gasteiger charge is 2.35. The van der Waals surface area contributed by atoms with E-state index in [1.165, 1.54) is 6.26 Å². The molecule has 2 amide bonds. The fourth-order valence-corrected chi connectivity index (χ4v) is 2.26. The number of imide groups is 1. The fourth-order valence-electron chi connectivity index (χ4n) is 2.26. The number of furan rings is 1. The summed E-state index contributed by atoms with van der Waals surface area (Å²) < 4.78 is 10.1. The Labute approximate surface area is 126 Å². The molecule has 0 unspecified atom stereocenters. The first-order valence-corrected chi connectivity index (χ1v) is 6.80. The summed E-state index contributed by atoms with van der Waals surface area (Å²) in [5.74, 6) is -0.707. The minimum atomic E-state index is -0.493. The Bertz CT molecular complexity index is 685. The van der Waals surface area contributed by atoms with Crippen molar-refractivity contribution < 1.29 is 23.5 Å². The van der Waals surface area contributed by atoms with Crippen molar-refractivity contribution in [3.05, 3.63) is 59.5 Å². The molecule has 0 spiro atoms. The van der Waals surface area contributed by atoms with Crippen LogP contribution < -0.4 is 0 Å². The molecule has 3 rings (SSSR count). The second-order valence-corrected chi connectivity index (χ2v) is 4.80. The number of ether oxygens (including phenoxy) is 1. The van der Waals surface area contributed by atoms with Crippen LogP contribution in [0.5, 0.6) is 0 Å². The van der Waals surface area contributed by atoms with Crippen LogP contribution >= 0.6 is 0 Å². The second kappa shape index (κ2) is 5.85. The van der Waals surface area contributed by atoms with Crippen LogP contribution in [-0.2, 0) is 16.1 Å². The number of amides is 2. The minimum absolute atomic E-state index is 0.00331. The summed E-state index contributed by atoms with van der Waals surface area (Å²) in [5, 5.41) is 0. The summed E-state index contributed by atoms with van der Waals surface area (Å²) >= 11 is 0. The predicted octanol–water partition coefficient (Wildman–Crippen LogP) is 2.01. The number of hydrogen-bond donors (Lipinski definition) is 0. The number of nitrogens with zero attached hydrogens (tertiary/aromatic N) is 1. The zero-order valence-corrected chi connectivity index (χ0v) is 11.7. The van der Waals surface area contributed by atoms with Crippen molar-refractivity contribution in [3.63, 3.8) is 0 Å². The zero-order chi connectivity index (χ0) is 15.5. The van der Waals surface area contributed by atoms with Crippen LogP contribution in [0.3, 0.4) is 0 Å². The van der Waals surface area contributed by atoms with Crippen molar-refractivity contribution >= 4 is 17.8 Å². The van der Waals surface area contributed by atoms with Gasteiger partial charge in [0.25, 0.3) is 11.8 Å². The molecule has 0 saturated carbocycles. The molecule has 1 aliphatic rings. The predicted molar refractivity (Wildman–Crippen MR) is 74.9 cm³/mol. The lowest BCUT2D eigenvalue weighted by atomic mass is 10.1. The van der Waals surface area contributed by atoms with E-state index in [9.17, 15) is 14.4 Å². The number of fused-ring (bicyclic) bond motifs is 1. The zero-order valence-electron chi connectivity index (χ0n) is 11.7. The molecular weight excluding hydrogens is 286 g/mol. The van der Waals surface area contributed by atoms with Crippen LogP contribution in [0.4, 0.5) is 0 Å². The second-order valence-electron chi connectivity index (χ2n) is 4.80. The standard InChI is InChI=1S/C16H13NO5/c18-14(22-10-11-4-3-9-21-11)7-8-17-15(19)12-5-1-2-6-13(12)16(17)20/h1-6,9H,7-8,10H2. The molecule has 2 heterocycles. The Morgan fingerprint density at radius 1 is 1.05 bits per heavy atom. The van der Waals surface area contributed by atoms with Gasteiger partial charge in [-0.2, -0.15) is 0 Å². The highest BCUT2D eigenvalue weighted by molar-refractivity contribution is 6.21. The van der Waals surface area contributed by atoms with Gasteiger partial charge in [0.2, 0.25) is 0 Å². The first kappa shape index (κ1) is 14.1. The van der Waals surface area contributed by atoms with Crippen LogP contribution in [0.25, 0.3) is 0 Å². The van der Waals surface area contributed by atoms with Gasteiger partial charge in [-0.05, 0) is 24.3 Å². The van der Waals surface area contributed by atoms with E-state index in [1.54, 1.807) is 36.4 Å². The van der Waals surface area contributed by atoms with Gasteiger partial charge in [-0.3, -0.25) is 19.3 Å². The van der Waals surface area contributed by atoms with Gasteiger partial charge >= 0.3 is 5.97 Å². The number of benzene rings is 1. The Morgan fingerprint density at radius 3 is 2.32 bits per heavy atom. The monoisotopic (exact) mass is 299 g/mol. The number of rotatable bonds is 5. The molecule has 6 nitrogen and oxygen atoms in total. The Balaban J connectivity index is 1.55. The lowest BCUT2D eigenvalue weighted by molar-refractivity contribution is -0.145. The van der Waals surface area contributed by atoms with Gasteiger partial charge in [-0.1, -0.05) is 12.1 Å². The lowest BCUT2D eigenvalue weighted by Crippen LogP contribution is -2.32. The summed E-state index contributed by atoms with van der Waals surface area (Å²) in [6.07, 6.45) is 1.44. The van der Waals surface area contributed by atoms with E-state index in [0.29, 0.717) is 16.9 Å². The molecular formula is C16H13NO5. The third kappa shape index (κ3) is 2.63. The van der Waals surface area contributed by atoms with E-state index in [2.05, 4.69) is 0 Å². The number of carbonyl (C=O) groups excluding carboxylic acids is 3. The topological polar surface area (TPSA) is 76.8 Å². The third-order valence-electron chi connectivity index (χ3n) is 3.37. The summed E-state index contributed by atoms with van der Waals surface area (Å²) in [6, 6.07) is 9.99. The molecule has 22 heavy (non-hydrogen) atoms. The number of esters is 1. The Hall–Kier alpha value is -2.89. The van der Waals surface area contributed by atoms with Crippen molar-refractivity contribution in [3.8, 4) is 0 Å². The number of carbonyl (C=O) groups is 3. The lowest BCUT2D eigenvalue weighted by Gasteiger charge is -2.12. The van der Waals surface area contributed by atoms with Crippen molar-refractivity contribution in [2.45, 2.75) is 13.0 Å².